The molecule has 0 fully saturated rings. The zero-order valence-corrected chi connectivity index (χ0v) is 18.4. The molecule has 1 N–H and O–H groups in total. The molecule has 2 unspecified atom stereocenters. The first-order valence-electron chi connectivity index (χ1n) is 8.74. The molecule has 0 radical (unpaired) electrons. The van der Waals surface area contributed by atoms with Crippen LogP contribution in [0.5, 0.6) is 0 Å². The number of anilines is 1. The molecule has 0 aliphatic carbocycles. The Balaban J connectivity index is 2.26. The average molecular weight is 479 g/mol. The van der Waals surface area contributed by atoms with Gasteiger partial charge in [-0.25, -0.2) is 8.42 Å². The van der Waals surface area contributed by atoms with Gasteiger partial charge >= 0.3 is 6.43 Å². The van der Waals surface area contributed by atoms with Gasteiger partial charge in [-0.1, -0.05) is 35.3 Å². The summed E-state index contributed by atoms with van der Waals surface area (Å²) in [4.78, 5) is 16.5. The van der Waals surface area contributed by atoms with Crippen LogP contribution in [0.25, 0.3) is 0 Å². The molecule has 0 saturated heterocycles. The fourth-order valence-corrected chi connectivity index (χ4v) is 6.54. The van der Waals surface area contributed by atoms with Crippen LogP contribution in [-0.2, 0) is 19.4 Å². The second kappa shape index (κ2) is 7.71. The molecule has 1 aromatic heterocycles. The Morgan fingerprint density at radius 1 is 1.27 bits per heavy atom. The molecule has 0 spiro atoms. The number of amides is 1. The number of carbonyl (C=O) groups excluding carboxylic acids is 1. The summed E-state index contributed by atoms with van der Waals surface area (Å²) in [6.07, 6.45) is -3.46. The standard InChI is InChI=1S/C19H18Cl2F2N2O4S/c1-19(2)10-5-4-8-24-13(10)15(26)16(30(19,28)29)9-6-7-11(20)14(12(9)21)25(3)18(27)17(22)23/h4-8,15-17,26H,1-3H3. The molecule has 1 aliphatic heterocycles. The predicted molar refractivity (Wildman–Crippen MR) is 110 cm³/mol. The highest BCUT2D eigenvalue weighted by atomic mass is 35.5. The molecule has 2 atom stereocenters. The third-order valence-electron chi connectivity index (χ3n) is 5.36. The highest BCUT2D eigenvalue weighted by molar-refractivity contribution is 7.92. The van der Waals surface area contributed by atoms with Crippen molar-refractivity contribution in [3.8, 4) is 0 Å². The van der Waals surface area contributed by atoms with Crippen LogP contribution in [0.15, 0.2) is 30.5 Å². The van der Waals surface area contributed by atoms with Gasteiger partial charge in [0.1, 0.15) is 11.4 Å². The lowest BCUT2D eigenvalue weighted by atomic mass is 9.93. The van der Waals surface area contributed by atoms with Crippen LogP contribution in [0, 0.1) is 0 Å². The van der Waals surface area contributed by atoms with E-state index in [4.69, 9.17) is 23.2 Å². The van der Waals surface area contributed by atoms with Gasteiger partial charge in [0.15, 0.2) is 9.84 Å². The SMILES string of the molecule is CN(C(=O)C(F)F)c1c(Cl)ccc(C2C(O)c3ncccc3C(C)(C)S2(=O)=O)c1Cl. The van der Waals surface area contributed by atoms with E-state index >= 15 is 0 Å². The maximum atomic E-state index is 13.5. The van der Waals surface area contributed by atoms with Gasteiger partial charge in [0.25, 0.3) is 5.91 Å². The first-order valence-corrected chi connectivity index (χ1v) is 11.0. The number of sulfone groups is 1. The van der Waals surface area contributed by atoms with Gasteiger partial charge in [-0.2, -0.15) is 8.78 Å². The number of alkyl halides is 2. The summed E-state index contributed by atoms with van der Waals surface area (Å²) in [5.41, 5.74) is 0.186. The monoisotopic (exact) mass is 478 g/mol. The lowest BCUT2D eigenvalue weighted by Crippen LogP contribution is -2.42. The average Bonchev–Trinajstić information content (AvgIpc) is 2.67. The number of aliphatic hydroxyl groups excluding tert-OH is 1. The van der Waals surface area contributed by atoms with E-state index in [9.17, 15) is 27.1 Å². The van der Waals surface area contributed by atoms with Crippen molar-refractivity contribution in [3.63, 3.8) is 0 Å². The lowest BCUT2D eigenvalue weighted by Gasteiger charge is -2.40. The number of nitrogens with zero attached hydrogens (tertiary/aromatic N) is 2. The number of halogens is 4. The molecule has 11 heteroatoms. The van der Waals surface area contributed by atoms with Crippen molar-refractivity contribution in [1.82, 2.24) is 4.98 Å². The van der Waals surface area contributed by atoms with Gasteiger partial charge in [-0.15, -0.1) is 0 Å². The number of aliphatic hydroxyl groups is 1. The van der Waals surface area contributed by atoms with Crippen molar-refractivity contribution in [2.24, 2.45) is 0 Å². The van der Waals surface area contributed by atoms with Crippen molar-refractivity contribution in [2.75, 3.05) is 11.9 Å². The van der Waals surface area contributed by atoms with Gasteiger partial charge in [0, 0.05) is 13.2 Å². The predicted octanol–water partition coefficient (Wildman–Crippen LogP) is 4.05. The molecule has 3 rings (SSSR count). The molecular weight excluding hydrogens is 461 g/mol. The van der Waals surface area contributed by atoms with E-state index in [-0.39, 0.29) is 27.0 Å². The molecule has 0 saturated carbocycles. The van der Waals surface area contributed by atoms with E-state index in [0.29, 0.717) is 10.5 Å². The number of fused-ring (bicyclic) bond motifs is 1. The number of carbonyl (C=O) groups is 1. The lowest BCUT2D eigenvalue weighted by molar-refractivity contribution is -0.128. The van der Waals surface area contributed by atoms with Crippen LogP contribution < -0.4 is 4.90 Å². The van der Waals surface area contributed by atoms with Crippen LogP contribution >= 0.6 is 23.2 Å². The second-order valence-corrected chi connectivity index (χ2v) is 10.8. The summed E-state index contributed by atoms with van der Waals surface area (Å²) in [6, 6.07) is 5.69. The highest BCUT2D eigenvalue weighted by Gasteiger charge is 2.53. The van der Waals surface area contributed by atoms with Crippen molar-refractivity contribution < 1.29 is 27.1 Å². The molecule has 2 aromatic rings. The topological polar surface area (TPSA) is 87.6 Å². The molecule has 0 bridgehead atoms. The van der Waals surface area contributed by atoms with Crippen molar-refractivity contribution in [2.45, 2.75) is 36.4 Å². The van der Waals surface area contributed by atoms with E-state index in [1.165, 1.54) is 32.2 Å². The molecule has 2 heterocycles. The van der Waals surface area contributed by atoms with E-state index in [0.717, 1.165) is 7.05 Å². The van der Waals surface area contributed by atoms with E-state index < -0.39 is 38.3 Å². The molecule has 30 heavy (non-hydrogen) atoms. The molecule has 6 nitrogen and oxygen atoms in total. The smallest absolute Gasteiger partial charge is 0.316 e. The maximum Gasteiger partial charge on any atom is 0.316 e. The normalized spacial score (nSPS) is 21.9. The Morgan fingerprint density at radius 2 is 1.90 bits per heavy atom. The van der Waals surface area contributed by atoms with Crippen molar-refractivity contribution in [1.29, 1.82) is 0 Å². The Hall–Kier alpha value is -1.81. The molecule has 1 aliphatic rings. The fraction of sp³-hybridized carbons (Fsp3) is 0.368. The van der Waals surface area contributed by atoms with Gasteiger partial charge in [0.2, 0.25) is 0 Å². The first kappa shape index (κ1) is 22.9. The zero-order chi connectivity index (χ0) is 22.6. The Bertz CT molecular complexity index is 1130. The zero-order valence-electron chi connectivity index (χ0n) is 16.1. The van der Waals surface area contributed by atoms with Crippen molar-refractivity contribution in [3.05, 3.63) is 57.3 Å². The minimum Gasteiger partial charge on any atom is -0.385 e. The van der Waals surface area contributed by atoms with Crippen LogP contribution in [0.1, 0.15) is 42.0 Å². The molecule has 162 valence electrons. The minimum atomic E-state index is -4.10. The Kier molecular flexibility index (Phi) is 5.87. The summed E-state index contributed by atoms with van der Waals surface area (Å²) >= 11 is 12.5. The molecule has 1 amide bonds. The summed E-state index contributed by atoms with van der Waals surface area (Å²) in [5.74, 6) is -1.56. The van der Waals surface area contributed by atoms with Crippen LogP contribution in [0.3, 0.4) is 0 Å². The molecular formula is C19H18Cl2F2N2O4S. The van der Waals surface area contributed by atoms with Gasteiger partial charge in [0.05, 0.1) is 26.2 Å². The second-order valence-electron chi connectivity index (χ2n) is 7.35. The fourth-order valence-electron chi connectivity index (χ4n) is 3.62. The third-order valence-corrected chi connectivity index (χ3v) is 8.88. The highest BCUT2D eigenvalue weighted by Crippen LogP contribution is 2.53. The molecule has 1 aromatic carbocycles. The van der Waals surface area contributed by atoms with Crippen LogP contribution in [0.2, 0.25) is 10.0 Å². The first-order chi connectivity index (χ1) is 13.8. The van der Waals surface area contributed by atoms with Crippen molar-refractivity contribution >= 4 is 44.6 Å². The van der Waals surface area contributed by atoms with Gasteiger partial charge < -0.3 is 10.0 Å². The van der Waals surface area contributed by atoms with Crippen LogP contribution in [-0.4, -0.2) is 37.9 Å². The minimum absolute atomic E-state index is 0.0677. The van der Waals surface area contributed by atoms with Crippen LogP contribution in [0.4, 0.5) is 14.5 Å². The third kappa shape index (κ3) is 3.28. The van der Waals surface area contributed by atoms with Gasteiger partial charge in [-0.05, 0) is 37.1 Å². The number of benzene rings is 1. The van der Waals surface area contributed by atoms with E-state index in [1.54, 1.807) is 12.1 Å². The number of rotatable bonds is 3. The number of hydrogen-bond donors (Lipinski definition) is 1. The summed E-state index contributed by atoms with van der Waals surface area (Å²) in [6.45, 7) is 2.97. The number of aromatic nitrogens is 1. The van der Waals surface area contributed by atoms with E-state index in [1.807, 2.05) is 0 Å². The van der Waals surface area contributed by atoms with Gasteiger partial charge in [-0.3, -0.25) is 9.78 Å². The maximum absolute atomic E-state index is 13.5. The number of pyridine rings is 1. The number of hydrogen-bond acceptors (Lipinski definition) is 5. The summed E-state index contributed by atoms with van der Waals surface area (Å²) < 4.78 is 51.4. The summed E-state index contributed by atoms with van der Waals surface area (Å²) in [5, 5.41) is 8.94. The summed E-state index contributed by atoms with van der Waals surface area (Å²) in [7, 11) is -3.05. The quantitative estimate of drug-likeness (QED) is 0.718. The largest absolute Gasteiger partial charge is 0.385 e. The van der Waals surface area contributed by atoms with E-state index in [2.05, 4.69) is 4.98 Å². The Labute approximate surface area is 182 Å². The Morgan fingerprint density at radius 3 is 2.50 bits per heavy atom.